The van der Waals surface area contributed by atoms with Gasteiger partial charge in [-0.3, -0.25) is 0 Å². The minimum Gasteiger partial charge on any atom is -0.319 e. The van der Waals surface area contributed by atoms with E-state index in [0.717, 1.165) is 13.0 Å². The molecule has 0 saturated heterocycles. The van der Waals surface area contributed by atoms with Crippen LogP contribution in [0.3, 0.4) is 0 Å². The van der Waals surface area contributed by atoms with Crippen LogP contribution in [-0.2, 0) is 6.42 Å². The zero-order valence-electron chi connectivity index (χ0n) is 10.7. The highest BCUT2D eigenvalue weighted by atomic mass is 32.1. The molecule has 0 spiro atoms. The van der Waals surface area contributed by atoms with Crippen LogP contribution in [0.4, 0.5) is 0 Å². The first-order chi connectivity index (χ1) is 8.20. The van der Waals surface area contributed by atoms with E-state index >= 15 is 0 Å². The van der Waals surface area contributed by atoms with Crippen molar-refractivity contribution in [2.75, 3.05) is 13.6 Å². The SMILES string of the molecule is CNCCc1ccc(-c2ccc(C)cc2C)s1. The van der Waals surface area contributed by atoms with Gasteiger partial charge >= 0.3 is 0 Å². The van der Waals surface area contributed by atoms with E-state index in [0.29, 0.717) is 0 Å². The van der Waals surface area contributed by atoms with Gasteiger partial charge in [0.1, 0.15) is 0 Å². The van der Waals surface area contributed by atoms with E-state index in [9.17, 15) is 0 Å². The molecule has 2 rings (SSSR count). The lowest BCUT2D eigenvalue weighted by Gasteiger charge is -2.04. The molecule has 0 amide bonds. The van der Waals surface area contributed by atoms with Crippen LogP contribution in [0.15, 0.2) is 30.3 Å². The molecule has 2 aromatic rings. The largest absolute Gasteiger partial charge is 0.319 e. The molecule has 1 heterocycles. The smallest absolute Gasteiger partial charge is 0.0348 e. The third-order valence-corrected chi connectivity index (χ3v) is 4.11. The van der Waals surface area contributed by atoms with Gasteiger partial charge in [0.2, 0.25) is 0 Å². The molecule has 0 aliphatic rings. The summed E-state index contributed by atoms with van der Waals surface area (Å²) < 4.78 is 0. The number of aryl methyl sites for hydroxylation is 2. The summed E-state index contributed by atoms with van der Waals surface area (Å²) >= 11 is 1.91. The van der Waals surface area contributed by atoms with E-state index < -0.39 is 0 Å². The lowest BCUT2D eigenvalue weighted by atomic mass is 10.0. The molecule has 1 aromatic carbocycles. The monoisotopic (exact) mass is 245 g/mol. The summed E-state index contributed by atoms with van der Waals surface area (Å²) in [5, 5.41) is 3.19. The van der Waals surface area contributed by atoms with Gasteiger partial charge in [0.05, 0.1) is 0 Å². The molecule has 17 heavy (non-hydrogen) atoms. The Labute approximate surface area is 108 Å². The summed E-state index contributed by atoms with van der Waals surface area (Å²) in [4.78, 5) is 2.84. The zero-order chi connectivity index (χ0) is 12.3. The maximum absolute atomic E-state index is 3.19. The van der Waals surface area contributed by atoms with Crippen molar-refractivity contribution in [3.63, 3.8) is 0 Å². The van der Waals surface area contributed by atoms with E-state index in [1.54, 1.807) is 0 Å². The Morgan fingerprint density at radius 1 is 1.12 bits per heavy atom. The van der Waals surface area contributed by atoms with Crippen molar-refractivity contribution >= 4 is 11.3 Å². The number of rotatable bonds is 4. The Bertz CT molecular complexity index is 499. The number of benzene rings is 1. The van der Waals surface area contributed by atoms with Crippen molar-refractivity contribution < 1.29 is 0 Å². The fraction of sp³-hybridized carbons (Fsp3) is 0.333. The summed E-state index contributed by atoms with van der Waals surface area (Å²) in [7, 11) is 2.00. The molecule has 0 aliphatic carbocycles. The van der Waals surface area contributed by atoms with E-state index in [1.807, 2.05) is 18.4 Å². The molecule has 90 valence electrons. The molecule has 0 bridgehead atoms. The molecule has 1 N–H and O–H groups in total. The first-order valence-corrected chi connectivity index (χ1v) is 6.83. The highest BCUT2D eigenvalue weighted by molar-refractivity contribution is 7.15. The van der Waals surface area contributed by atoms with Gasteiger partial charge in [-0.25, -0.2) is 0 Å². The Morgan fingerprint density at radius 3 is 2.65 bits per heavy atom. The number of hydrogen-bond donors (Lipinski definition) is 1. The van der Waals surface area contributed by atoms with Gasteiger partial charge < -0.3 is 5.32 Å². The Morgan fingerprint density at radius 2 is 1.94 bits per heavy atom. The number of thiophene rings is 1. The average Bonchev–Trinajstić information content (AvgIpc) is 2.75. The molecule has 1 nitrogen and oxygen atoms in total. The van der Waals surface area contributed by atoms with Crippen LogP contribution >= 0.6 is 11.3 Å². The predicted molar refractivity (Wildman–Crippen MR) is 76.9 cm³/mol. The first kappa shape index (κ1) is 12.3. The van der Waals surface area contributed by atoms with Crippen LogP contribution < -0.4 is 5.32 Å². The van der Waals surface area contributed by atoms with E-state index in [1.165, 1.54) is 26.4 Å². The fourth-order valence-corrected chi connectivity index (χ4v) is 3.09. The summed E-state index contributed by atoms with van der Waals surface area (Å²) in [6.07, 6.45) is 1.12. The van der Waals surface area contributed by atoms with Crippen LogP contribution in [0.25, 0.3) is 10.4 Å². The molecule has 0 fully saturated rings. The molecule has 0 atom stereocenters. The summed E-state index contributed by atoms with van der Waals surface area (Å²) in [5.41, 5.74) is 4.07. The fourth-order valence-electron chi connectivity index (χ4n) is 2.00. The average molecular weight is 245 g/mol. The lowest BCUT2D eigenvalue weighted by molar-refractivity contribution is 0.799. The molecular formula is C15H19NS. The van der Waals surface area contributed by atoms with Crippen molar-refractivity contribution in [2.45, 2.75) is 20.3 Å². The number of hydrogen-bond acceptors (Lipinski definition) is 2. The molecule has 2 heteroatoms. The zero-order valence-corrected chi connectivity index (χ0v) is 11.5. The maximum atomic E-state index is 3.19. The molecule has 0 unspecified atom stereocenters. The summed E-state index contributed by atoms with van der Waals surface area (Å²) in [6, 6.07) is 11.2. The van der Waals surface area contributed by atoms with Crippen molar-refractivity contribution in [2.24, 2.45) is 0 Å². The van der Waals surface area contributed by atoms with Crippen molar-refractivity contribution in [1.29, 1.82) is 0 Å². The molecule has 0 aliphatic heterocycles. The van der Waals surface area contributed by atoms with E-state index in [-0.39, 0.29) is 0 Å². The van der Waals surface area contributed by atoms with Gasteiger partial charge in [-0.1, -0.05) is 23.8 Å². The first-order valence-electron chi connectivity index (χ1n) is 6.01. The molecule has 1 aromatic heterocycles. The van der Waals surface area contributed by atoms with Crippen molar-refractivity contribution in [3.05, 3.63) is 46.3 Å². The standard InChI is InChI=1S/C15H19NS/c1-11-4-6-14(12(2)10-11)15-7-5-13(17-15)8-9-16-3/h4-7,10,16H,8-9H2,1-3H3. The molecule has 0 saturated carbocycles. The Hall–Kier alpha value is -1.12. The van der Waals surface area contributed by atoms with Crippen LogP contribution in [0, 0.1) is 13.8 Å². The van der Waals surface area contributed by atoms with Crippen LogP contribution in [0.2, 0.25) is 0 Å². The lowest BCUT2D eigenvalue weighted by Crippen LogP contribution is -2.09. The topological polar surface area (TPSA) is 12.0 Å². The highest BCUT2D eigenvalue weighted by Crippen LogP contribution is 2.31. The minimum absolute atomic E-state index is 1.05. The number of nitrogens with one attached hydrogen (secondary N) is 1. The predicted octanol–water partition coefficient (Wildman–Crippen LogP) is 3.79. The normalized spacial score (nSPS) is 10.8. The minimum atomic E-state index is 1.05. The molecule has 0 radical (unpaired) electrons. The van der Waals surface area contributed by atoms with Gasteiger partial charge in [-0.05, 0) is 57.1 Å². The van der Waals surface area contributed by atoms with Gasteiger partial charge in [0.25, 0.3) is 0 Å². The van der Waals surface area contributed by atoms with Crippen LogP contribution in [-0.4, -0.2) is 13.6 Å². The third-order valence-electron chi connectivity index (χ3n) is 2.93. The third kappa shape index (κ3) is 2.96. The molecular weight excluding hydrogens is 226 g/mol. The Balaban J connectivity index is 2.24. The number of likely N-dealkylation sites (N-methyl/N-ethyl adjacent to an activating group) is 1. The van der Waals surface area contributed by atoms with Gasteiger partial charge in [-0.2, -0.15) is 0 Å². The van der Waals surface area contributed by atoms with Crippen LogP contribution in [0.1, 0.15) is 16.0 Å². The second kappa shape index (κ2) is 5.48. The van der Waals surface area contributed by atoms with Gasteiger partial charge in [0, 0.05) is 9.75 Å². The second-order valence-electron chi connectivity index (χ2n) is 4.44. The quantitative estimate of drug-likeness (QED) is 0.864. The van der Waals surface area contributed by atoms with E-state index in [4.69, 9.17) is 0 Å². The van der Waals surface area contributed by atoms with Crippen molar-refractivity contribution in [1.82, 2.24) is 5.32 Å². The highest BCUT2D eigenvalue weighted by Gasteiger charge is 2.05. The van der Waals surface area contributed by atoms with Crippen LogP contribution in [0.5, 0.6) is 0 Å². The maximum Gasteiger partial charge on any atom is 0.0348 e. The van der Waals surface area contributed by atoms with Crippen molar-refractivity contribution in [3.8, 4) is 10.4 Å². The summed E-state index contributed by atoms with van der Waals surface area (Å²) in [6.45, 7) is 5.38. The summed E-state index contributed by atoms with van der Waals surface area (Å²) in [5.74, 6) is 0. The Kier molecular flexibility index (Phi) is 3.97. The second-order valence-corrected chi connectivity index (χ2v) is 5.61. The van der Waals surface area contributed by atoms with E-state index in [2.05, 4.69) is 49.5 Å². The van der Waals surface area contributed by atoms with Gasteiger partial charge in [0.15, 0.2) is 0 Å². The van der Waals surface area contributed by atoms with Gasteiger partial charge in [-0.15, -0.1) is 11.3 Å².